The number of amides is 1. The van der Waals surface area contributed by atoms with Crippen molar-refractivity contribution in [2.75, 3.05) is 44.2 Å². The van der Waals surface area contributed by atoms with Gasteiger partial charge in [0.2, 0.25) is 5.95 Å². The van der Waals surface area contributed by atoms with Gasteiger partial charge in [0.1, 0.15) is 0 Å². The van der Waals surface area contributed by atoms with Gasteiger partial charge in [-0.2, -0.15) is 0 Å². The van der Waals surface area contributed by atoms with Gasteiger partial charge >= 0.3 is 0 Å². The lowest BCUT2D eigenvalue weighted by Gasteiger charge is -2.32. The summed E-state index contributed by atoms with van der Waals surface area (Å²) in [6.07, 6.45) is 5.21. The molecule has 2 fully saturated rings. The third kappa shape index (κ3) is 3.61. The minimum Gasteiger partial charge on any atom is -0.373 e. The first-order chi connectivity index (χ1) is 11.2. The van der Waals surface area contributed by atoms with Crippen LogP contribution in [0, 0.1) is 6.92 Å². The molecule has 2 aliphatic heterocycles. The first-order valence-electron chi connectivity index (χ1n) is 8.38. The number of hydrogen-bond donors (Lipinski definition) is 1. The minimum atomic E-state index is -0.0819. The Kier molecular flexibility index (Phi) is 5.07. The van der Waals surface area contributed by atoms with Crippen molar-refractivity contribution in [3.8, 4) is 0 Å². The average Bonchev–Trinajstić information content (AvgIpc) is 2.62. The van der Waals surface area contributed by atoms with Crippen LogP contribution >= 0.6 is 0 Å². The molecule has 1 atom stereocenters. The summed E-state index contributed by atoms with van der Waals surface area (Å²) in [6.45, 7) is 5.93. The summed E-state index contributed by atoms with van der Waals surface area (Å²) in [5, 5.41) is 0. The number of morpholine rings is 1. The van der Waals surface area contributed by atoms with Crippen LogP contribution in [0.15, 0.2) is 6.20 Å². The highest BCUT2D eigenvalue weighted by atomic mass is 16.5. The Bertz CT molecular complexity index is 559. The van der Waals surface area contributed by atoms with Crippen LogP contribution in [0.3, 0.4) is 0 Å². The summed E-state index contributed by atoms with van der Waals surface area (Å²) < 4.78 is 5.52. The summed E-state index contributed by atoms with van der Waals surface area (Å²) >= 11 is 0. The van der Waals surface area contributed by atoms with Crippen LogP contribution in [-0.2, 0) is 4.74 Å². The molecule has 0 bridgehead atoms. The first kappa shape index (κ1) is 16.1. The molecule has 2 saturated heterocycles. The molecule has 1 aromatic rings. The minimum absolute atomic E-state index is 0.0329. The lowest BCUT2D eigenvalue weighted by molar-refractivity contribution is -0.0168. The zero-order chi connectivity index (χ0) is 16.2. The predicted molar refractivity (Wildman–Crippen MR) is 87.5 cm³/mol. The van der Waals surface area contributed by atoms with Crippen molar-refractivity contribution in [3.63, 3.8) is 0 Å². The average molecular weight is 319 g/mol. The van der Waals surface area contributed by atoms with Crippen molar-refractivity contribution in [3.05, 3.63) is 17.5 Å². The van der Waals surface area contributed by atoms with Crippen LogP contribution in [0.5, 0.6) is 0 Å². The van der Waals surface area contributed by atoms with E-state index in [4.69, 9.17) is 10.5 Å². The van der Waals surface area contributed by atoms with E-state index in [-0.39, 0.29) is 12.0 Å². The fourth-order valence-corrected chi connectivity index (χ4v) is 3.13. The SMILES string of the molecule is Cc1nc(N2CCCCC2)ncc1C(=O)N1CCO[C@@H](CN)C1. The molecule has 3 rings (SSSR count). The largest absolute Gasteiger partial charge is 0.373 e. The summed E-state index contributed by atoms with van der Waals surface area (Å²) in [5.74, 6) is 0.704. The molecule has 7 nitrogen and oxygen atoms in total. The molecule has 0 saturated carbocycles. The number of hydrogen-bond acceptors (Lipinski definition) is 6. The molecule has 3 heterocycles. The number of ether oxygens (including phenoxy) is 1. The third-order valence-corrected chi connectivity index (χ3v) is 4.52. The van der Waals surface area contributed by atoms with Crippen LogP contribution in [0.4, 0.5) is 5.95 Å². The van der Waals surface area contributed by atoms with Crippen molar-refractivity contribution in [2.24, 2.45) is 5.73 Å². The second kappa shape index (κ2) is 7.23. The Labute approximate surface area is 136 Å². The highest BCUT2D eigenvalue weighted by Crippen LogP contribution is 2.18. The number of anilines is 1. The molecule has 0 aromatic carbocycles. The molecule has 2 N–H and O–H groups in total. The van der Waals surface area contributed by atoms with Crippen LogP contribution < -0.4 is 10.6 Å². The van der Waals surface area contributed by atoms with E-state index in [9.17, 15) is 4.79 Å². The molecule has 1 amide bonds. The number of piperidine rings is 1. The second-order valence-electron chi connectivity index (χ2n) is 6.20. The van der Waals surface area contributed by atoms with Gasteiger partial charge in [-0.25, -0.2) is 9.97 Å². The molecule has 23 heavy (non-hydrogen) atoms. The Morgan fingerprint density at radius 2 is 2.13 bits per heavy atom. The second-order valence-corrected chi connectivity index (χ2v) is 6.20. The van der Waals surface area contributed by atoms with Gasteiger partial charge in [0.05, 0.1) is 24.0 Å². The molecule has 1 aromatic heterocycles. The molecule has 0 spiro atoms. The van der Waals surface area contributed by atoms with Crippen molar-refractivity contribution >= 4 is 11.9 Å². The van der Waals surface area contributed by atoms with E-state index < -0.39 is 0 Å². The lowest BCUT2D eigenvalue weighted by Crippen LogP contribution is -2.48. The van der Waals surface area contributed by atoms with E-state index in [0.717, 1.165) is 24.7 Å². The van der Waals surface area contributed by atoms with Crippen molar-refractivity contribution in [1.29, 1.82) is 0 Å². The number of aromatic nitrogens is 2. The van der Waals surface area contributed by atoms with Gasteiger partial charge in [-0.05, 0) is 26.2 Å². The lowest BCUT2D eigenvalue weighted by atomic mass is 10.1. The maximum absolute atomic E-state index is 12.7. The van der Waals surface area contributed by atoms with E-state index in [1.165, 1.54) is 19.3 Å². The van der Waals surface area contributed by atoms with Crippen molar-refractivity contribution in [1.82, 2.24) is 14.9 Å². The van der Waals surface area contributed by atoms with Gasteiger partial charge < -0.3 is 20.3 Å². The third-order valence-electron chi connectivity index (χ3n) is 4.52. The normalized spacial score (nSPS) is 22.3. The number of carbonyl (C=O) groups excluding carboxylic acids is 1. The van der Waals surface area contributed by atoms with E-state index in [2.05, 4.69) is 14.9 Å². The van der Waals surface area contributed by atoms with Gasteiger partial charge in [0.15, 0.2) is 0 Å². The maximum Gasteiger partial charge on any atom is 0.257 e. The van der Waals surface area contributed by atoms with E-state index in [1.54, 1.807) is 11.1 Å². The topological polar surface area (TPSA) is 84.6 Å². The van der Waals surface area contributed by atoms with Crippen LogP contribution in [0.2, 0.25) is 0 Å². The first-order valence-corrected chi connectivity index (χ1v) is 8.38. The maximum atomic E-state index is 12.7. The summed E-state index contributed by atoms with van der Waals surface area (Å²) in [5.41, 5.74) is 6.95. The van der Waals surface area contributed by atoms with Gasteiger partial charge in [-0.3, -0.25) is 4.79 Å². The Balaban J connectivity index is 1.73. The number of nitrogens with zero attached hydrogens (tertiary/aromatic N) is 4. The van der Waals surface area contributed by atoms with Gasteiger partial charge in [-0.15, -0.1) is 0 Å². The van der Waals surface area contributed by atoms with E-state index >= 15 is 0 Å². The molecular formula is C16H25N5O2. The number of aryl methyl sites for hydroxylation is 1. The summed E-state index contributed by atoms with van der Waals surface area (Å²) in [4.78, 5) is 25.7. The Hall–Kier alpha value is -1.73. The molecular weight excluding hydrogens is 294 g/mol. The van der Waals surface area contributed by atoms with Gasteiger partial charge in [0.25, 0.3) is 5.91 Å². The predicted octanol–water partition coefficient (Wildman–Crippen LogP) is 0.575. The fraction of sp³-hybridized carbons (Fsp3) is 0.688. The smallest absolute Gasteiger partial charge is 0.257 e. The number of carbonyl (C=O) groups is 1. The number of rotatable bonds is 3. The molecule has 7 heteroatoms. The van der Waals surface area contributed by atoms with Gasteiger partial charge in [0, 0.05) is 38.9 Å². The monoisotopic (exact) mass is 319 g/mol. The summed E-state index contributed by atoms with van der Waals surface area (Å²) in [7, 11) is 0. The highest BCUT2D eigenvalue weighted by Gasteiger charge is 2.26. The Morgan fingerprint density at radius 3 is 2.83 bits per heavy atom. The van der Waals surface area contributed by atoms with E-state index in [0.29, 0.717) is 31.8 Å². The van der Waals surface area contributed by atoms with Crippen LogP contribution in [0.25, 0.3) is 0 Å². The number of nitrogens with two attached hydrogens (primary N) is 1. The molecule has 0 radical (unpaired) electrons. The quantitative estimate of drug-likeness (QED) is 0.877. The molecule has 0 aliphatic carbocycles. The zero-order valence-electron chi connectivity index (χ0n) is 13.7. The highest BCUT2D eigenvalue weighted by molar-refractivity contribution is 5.95. The van der Waals surface area contributed by atoms with Crippen LogP contribution in [-0.4, -0.2) is 66.2 Å². The van der Waals surface area contributed by atoms with Crippen molar-refractivity contribution < 1.29 is 9.53 Å². The van der Waals surface area contributed by atoms with Crippen LogP contribution in [0.1, 0.15) is 35.3 Å². The fourth-order valence-electron chi connectivity index (χ4n) is 3.13. The van der Waals surface area contributed by atoms with Gasteiger partial charge in [-0.1, -0.05) is 0 Å². The zero-order valence-corrected chi connectivity index (χ0v) is 13.7. The Morgan fingerprint density at radius 1 is 1.35 bits per heavy atom. The van der Waals surface area contributed by atoms with Crippen molar-refractivity contribution in [2.45, 2.75) is 32.3 Å². The molecule has 126 valence electrons. The van der Waals surface area contributed by atoms with E-state index in [1.807, 2.05) is 6.92 Å². The molecule has 0 unspecified atom stereocenters. The summed E-state index contributed by atoms with van der Waals surface area (Å²) in [6, 6.07) is 0. The molecule has 2 aliphatic rings. The standard InChI is InChI=1S/C16H25N5O2/c1-12-14(15(22)21-7-8-23-13(9-17)11-21)10-18-16(19-12)20-5-3-2-4-6-20/h10,13H,2-9,11,17H2,1H3/t13-/m0/s1.